The molecule has 2 aromatic carbocycles. The van der Waals surface area contributed by atoms with Crippen LogP contribution in [-0.4, -0.2) is 37.7 Å². The van der Waals surface area contributed by atoms with Crippen molar-refractivity contribution in [2.45, 2.75) is 26.8 Å². The molecule has 0 aliphatic carbocycles. The number of nitrogens with one attached hydrogen (secondary N) is 1. The summed E-state index contributed by atoms with van der Waals surface area (Å²) in [6.45, 7) is 5.92. The van der Waals surface area contributed by atoms with Gasteiger partial charge in [-0.2, -0.15) is 4.37 Å². The van der Waals surface area contributed by atoms with Gasteiger partial charge in [0.25, 0.3) is 5.91 Å². The summed E-state index contributed by atoms with van der Waals surface area (Å²) >= 11 is 1.37. The van der Waals surface area contributed by atoms with Crippen LogP contribution in [0.15, 0.2) is 35.7 Å². The lowest BCUT2D eigenvalue weighted by molar-refractivity contribution is -0.412. The Morgan fingerprint density at radius 3 is 2.33 bits per heavy atom. The van der Waals surface area contributed by atoms with Gasteiger partial charge in [-0.3, -0.25) is 4.79 Å². The Morgan fingerprint density at radius 2 is 1.73 bits per heavy atom. The summed E-state index contributed by atoms with van der Waals surface area (Å²) in [5, 5.41) is 4.96. The fraction of sp³-hybridized carbons (Fsp3) is 0.333. The largest absolute Gasteiger partial charge is 1.00 e. The first-order chi connectivity index (χ1) is 15.3. The molecule has 1 atom stereocenters. The number of methoxy groups -OCH3 is 3. The van der Waals surface area contributed by atoms with Crippen molar-refractivity contribution in [3.05, 3.63) is 41.3 Å². The highest BCUT2D eigenvalue weighted by molar-refractivity contribution is 7.04. The smallest absolute Gasteiger partial charge is 0.282 e. The van der Waals surface area contributed by atoms with E-state index in [0.717, 1.165) is 27.9 Å². The van der Waals surface area contributed by atoms with Crippen LogP contribution in [0.4, 0.5) is 5.69 Å². The number of amides is 1. The van der Waals surface area contributed by atoms with Gasteiger partial charge in [0.15, 0.2) is 17.5 Å². The highest BCUT2D eigenvalue weighted by Gasteiger charge is 2.23. The van der Waals surface area contributed by atoms with Crippen molar-refractivity contribution in [1.82, 2.24) is 4.37 Å². The van der Waals surface area contributed by atoms with Gasteiger partial charge in [-0.25, -0.2) is 0 Å². The third kappa shape index (κ3) is 5.58. The maximum atomic E-state index is 12.6. The van der Waals surface area contributed by atoms with Gasteiger partial charge in [-0.15, -0.1) is 0 Å². The number of quaternary nitrogens is 1. The second kappa shape index (κ2) is 11.4. The van der Waals surface area contributed by atoms with E-state index >= 15 is 0 Å². The molecule has 178 valence electrons. The zero-order valence-corrected chi connectivity index (χ0v) is 21.3. The second-order valence-electron chi connectivity index (χ2n) is 7.86. The minimum atomic E-state index is -0.364. The van der Waals surface area contributed by atoms with Gasteiger partial charge in [0, 0.05) is 22.4 Å². The Kier molecular flexibility index (Phi) is 9.10. The Bertz CT molecular complexity index is 1120. The third-order valence-corrected chi connectivity index (χ3v) is 6.05. The monoisotopic (exact) mass is 491 g/mol. The molecule has 7 nitrogen and oxygen atoms in total. The molecule has 0 spiro atoms. The molecule has 33 heavy (non-hydrogen) atoms. The van der Waals surface area contributed by atoms with E-state index < -0.39 is 0 Å². The van der Waals surface area contributed by atoms with Crippen LogP contribution in [0.1, 0.15) is 19.4 Å². The lowest BCUT2D eigenvalue weighted by atomic mass is 9.99. The summed E-state index contributed by atoms with van der Waals surface area (Å²) < 4.78 is 21.1. The minimum Gasteiger partial charge on any atom is -1.00 e. The number of aryl methyl sites for hydroxylation is 1. The molecule has 0 fully saturated rings. The van der Waals surface area contributed by atoms with Gasteiger partial charge in [-0.05, 0) is 53.8 Å². The molecule has 0 saturated heterocycles. The molecule has 3 aromatic rings. The predicted molar refractivity (Wildman–Crippen MR) is 128 cm³/mol. The quantitative estimate of drug-likeness (QED) is 0.490. The molecule has 0 aliphatic rings. The molecule has 0 aliphatic heterocycles. The van der Waals surface area contributed by atoms with Gasteiger partial charge in [0.1, 0.15) is 5.75 Å². The standard InChI is InChI=1S/C24H29N3O4S.ClH/c1-13(2)21(25)24(28)26-18-10-15(7-8-19(18)29-4)17-12-32-27-22(17)16-9-14(3)23(31-6)20(11-16)30-5;/h7-13,21H,25H2,1-6H3,(H,26,28);1H/t21-;/m1./s1. The van der Waals surface area contributed by atoms with E-state index in [9.17, 15) is 4.79 Å². The van der Waals surface area contributed by atoms with Gasteiger partial charge in [-0.1, -0.05) is 19.9 Å². The maximum absolute atomic E-state index is 12.6. The van der Waals surface area contributed by atoms with Crippen LogP contribution in [0.3, 0.4) is 0 Å². The summed E-state index contributed by atoms with van der Waals surface area (Å²) in [5.74, 6) is 1.93. The normalized spacial score (nSPS) is 11.5. The SMILES string of the molecule is COc1ccc(-c2csnc2-c2cc(C)c(OC)c(OC)c2)cc1NC(=O)[C@H]([NH3+])C(C)C.[Cl-]. The number of aromatic nitrogens is 1. The van der Waals surface area contributed by atoms with E-state index in [1.165, 1.54) is 11.5 Å². The van der Waals surface area contributed by atoms with Crippen LogP contribution in [0.2, 0.25) is 0 Å². The summed E-state index contributed by atoms with van der Waals surface area (Å²) in [4.78, 5) is 12.6. The van der Waals surface area contributed by atoms with Crippen molar-refractivity contribution in [2.24, 2.45) is 5.92 Å². The maximum Gasteiger partial charge on any atom is 0.282 e. The Morgan fingerprint density at radius 1 is 1.03 bits per heavy atom. The molecular weight excluding hydrogens is 462 g/mol. The van der Waals surface area contributed by atoms with Crippen LogP contribution >= 0.6 is 11.5 Å². The fourth-order valence-corrected chi connectivity index (χ4v) is 4.16. The Labute approximate surface area is 204 Å². The molecule has 0 bridgehead atoms. The van der Waals surface area contributed by atoms with Crippen LogP contribution in [0, 0.1) is 12.8 Å². The van der Waals surface area contributed by atoms with E-state index in [1.807, 2.05) is 56.5 Å². The topological polar surface area (TPSA) is 97.3 Å². The molecule has 0 saturated carbocycles. The molecule has 1 amide bonds. The molecule has 0 unspecified atom stereocenters. The molecule has 9 heteroatoms. The van der Waals surface area contributed by atoms with Crippen LogP contribution in [0.25, 0.3) is 22.4 Å². The summed E-state index contributed by atoms with van der Waals surface area (Å²) in [7, 11) is 4.83. The van der Waals surface area contributed by atoms with Gasteiger partial charge in [0.2, 0.25) is 0 Å². The number of carbonyl (C=O) groups is 1. The second-order valence-corrected chi connectivity index (χ2v) is 8.49. The molecule has 1 aromatic heterocycles. The van der Waals surface area contributed by atoms with Crippen molar-refractivity contribution < 1.29 is 37.1 Å². The summed E-state index contributed by atoms with van der Waals surface area (Å²) in [6.07, 6.45) is 0. The van der Waals surface area contributed by atoms with E-state index in [0.29, 0.717) is 22.9 Å². The Hall–Kier alpha value is -2.81. The number of halogens is 1. The highest BCUT2D eigenvalue weighted by Crippen LogP contribution is 2.41. The first-order valence-electron chi connectivity index (χ1n) is 10.3. The van der Waals surface area contributed by atoms with Crippen LogP contribution in [0.5, 0.6) is 17.2 Å². The third-order valence-electron chi connectivity index (χ3n) is 5.42. The highest BCUT2D eigenvalue weighted by atomic mass is 35.5. The van der Waals surface area contributed by atoms with Crippen molar-refractivity contribution in [3.8, 4) is 39.6 Å². The average Bonchev–Trinajstić information content (AvgIpc) is 3.27. The fourth-order valence-electron chi connectivity index (χ4n) is 3.44. The molecule has 3 rings (SSSR count). The Balaban J connectivity index is 0.00000385. The number of nitrogens with zero attached hydrogens (tertiary/aromatic N) is 1. The zero-order chi connectivity index (χ0) is 23.4. The van der Waals surface area contributed by atoms with Gasteiger partial charge >= 0.3 is 0 Å². The predicted octanol–water partition coefficient (Wildman–Crippen LogP) is 1.02. The summed E-state index contributed by atoms with van der Waals surface area (Å²) in [5.41, 5.74) is 9.16. The van der Waals surface area contributed by atoms with Gasteiger partial charge in [0.05, 0.1) is 32.7 Å². The average molecular weight is 492 g/mol. The van der Waals surface area contributed by atoms with E-state index in [1.54, 1.807) is 21.3 Å². The number of ether oxygens (including phenoxy) is 3. The van der Waals surface area contributed by atoms with E-state index in [4.69, 9.17) is 14.2 Å². The zero-order valence-electron chi connectivity index (χ0n) is 19.7. The van der Waals surface area contributed by atoms with Crippen molar-refractivity contribution in [3.63, 3.8) is 0 Å². The van der Waals surface area contributed by atoms with Crippen molar-refractivity contribution in [2.75, 3.05) is 26.6 Å². The van der Waals surface area contributed by atoms with E-state index in [2.05, 4.69) is 15.4 Å². The number of rotatable bonds is 8. The number of anilines is 1. The number of benzene rings is 2. The first-order valence-corrected chi connectivity index (χ1v) is 11.1. The number of carbonyl (C=O) groups excluding carboxylic acids is 1. The molecule has 1 heterocycles. The van der Waals surface area contributed by atoms with Crippen LogP contribution in [-0.2, 0) is 4.79 Å². The molecule has 4 N–H and O–H groups in total. The molecule has 0 radical (unpaired) electrons. The van der Waals surface area contributed by atoms with Crippen molar-refractivity contribution >= 4 is 23.1 Å². The summed E-state index contributed by atoms with van der Waals surface area (Å²) in [6, 6.07) is 9.30. The number of hydrogen-bond donors (Lipinski definition) is 2. The van der Waals surface area contributed by atoms with E-state index in [-0.39, 0.29) is 30.3 Å². The first kappa shape index (κ1) is 26.4. The van der Waals surface area contributed by atoms with Crippen molar-refractivity contribution in [1.29, 1.82) is 0 Å². The lowest BCUT2D eigenvalue weighted by Gasteiger charge is -2.16. The van der Waals surface area contributed by atoms with Gasteiger partial charge < -0.3 is 37.7 Å². The molecular formula is C24H30ClN3O4S. The lowest BCUT2D eigenvalue weighted by Crippen LogP contribution is -3.00. The minimum absolute atomic E-state index is 0. The van der Waals surface area contributed by atoms with Crippen LogP contribution < -0.4 is 37.7 Å². The number of hydrogen-bond acceptors (Lipinski definition) is 6.